The number of rotatable bonds is 6. The lowest BCUT2D eigenvalue weighted by Crippen LogP contribution is -2.35. The first-order valence-corrected chi connectivity index (χ1v) is 11.4. The largest absolute Gasteiger partial charge is 0.495 e. The Bertz CT molecular complexity index is 1110. The van der Waals surface area contributed by atoms with E-state index in [4.69, 9.17) is 4.74 Å². The zero-order chi connectivity index (χ0) is 23.4. The Morgan fingerprint density at radius 1 is 1.09 bits per heavy atom. The summed E-state index contributed by atoms with van der Waals surface area (Å²) in [6, 6.07) is 8.82. The van der Waals surface area contributed by atoms with Gasteiger partial charge >= 0.3 is 6.18 Å². The number of nitrogens with one attached hydrogen (secondary N) is 1. The van der Waals surface area contributed by atoms with E-state index >= 15 is 0 Å². The van der Waals surface area contributed by atoms with Gasteiger partial charge in [-0.05, 0) is 54.8 Å². The number of carbonyl (C=O) groups is 1. The zero-order valence-electron chi connectivity index (χ0n) is 17.4. The van der Waals surface area contributed by atoms with Crippen molar-refractivity contribution in [2.75, 3.05) is 25.5 Å². The standard InChI is InChI=1S/C22H23F3N2O4S/c1-31-19-10-9-18(15-20(19)32(29,30)27-12-3-2-4-13-27)26-21(28)11-8-16-6-5-7-17(14-16)22(23,24)25/h5-11,14-15H,2-4,12-13H2,1H3,(H,26,28)/b11-8+. The lowest BCUT2D eigenvalue weighted by molar-refractivity contribution is -0.137. The van der Waals surface area contributed by atoms with Gasteiger partial charge in [-0.15, -0.1) is 0 Å². The van der Waals surface area contributed by atoms with Crippen molar-refractivity contribution >= 4 is 27.7 Å². The van der Waals surface area contributed by atoms with Crippen LogP contribution in [0.4, 0.5) is 18.9 Å². The van der Waals surface area contributed by atoms with E-state index in [0.29, 0.717) is 13.1 Å². The summed E-state index contributed by atoms with van der Waals surface area (Å²) in [5.41, 5.74) is -0.388. The van der Waals surface area contributed by atoms with Gasteiger partial charge in [0.2, 0.25) is 15.9 Å². The molecule has 2 aromatic rings. The summed E-state index contributed by atoms with van der Waals surface area (Å²) >= 11 is 0. The first kappa shape index (κ1) is 23.8. The minimum atomic E-state index is -4.48. The fourth-order valence-corrected chi connectivity index (χ4v) is 5.07. The second kappa shape index (κ2) is 9.74. The summed E-state index contributed by atoms with van der Waals surface area (Å²) in [4.78, 5) is 12.2. The molecule has 10 heteroatoms. The molecule has 2 aromatic carbocycles. The second-order valence-corrected chi connectivity index (χ2v) is 9.18. The maximum atomic E-state index is 13.1. The van der Waals surface area contributed by atoms with Gasteiger partial charge in [0.15, 0.2) is 0 Å². The Labute approximate surface area is 184 Å². The molecule has 0 unspecified atom stereocenters. The number of hydrogen-bond donors (Lipinski definition) is 1. The number of ether oxygens (including phenoxy) is 1. The molecule has 0 saturated carbocycles. The lowest BCUT2D eigenvalue weighted by Gasteiger charge is -2.26. The van der Waals surface area contributed by atoms with Gasteiger partial charge in [0.05, 0.1) is 12.7 Å². The van der Waals surface area contributed by atoms with Gasteiger partial charge in [-0.1, -0.05) is 18.6 Å². The average molecular weight is 468 g/mol. The van der Waals surface area contributed by atoms with Crippen molar-refractivity contribution in [1.29, 1.82) is 0 Å². The molecule has 1 N–H and O–H groups in total. The molecule has 1 heterocycles. The van der Waals surface area contributed by atoms with E-state index in [1.807, 2.05) is 0 Å². The topological polar surface area (TPSA) is 75.7 Å². The highest BCUT2D eigenvalue weighted by Crippen LogP contribution is 2.31. The minimum Gasteiger partial charge on any atom is -0.495 e. The fourth-order valence-electron chi connectivity index (χ4n) is 3.37. The number of carbonyl (C=O) groups excluding carboxylic acids is 1. The molecule has 1 aliphatic heterocycles. The number of amides is 1. The van der Waals surface area contributed by atoms with Crippen molar-refractivity contribution < 1.29 is 31.1 Å². The van der Waals surface area contributed by atoms with Crippen molar-refractivity contribution in [3.63, 3.8) is 0 Å². The Kier molecular flexibility index (Phi) is 7.25. The van der Waals surface area contributed by atoms with E-state index in [9.17, 15) is 26.4 Å². The molecule has 1 aliphatic rings. The summed E-state index contributed by atoms with van der Waals surface area (Å²) in [6.45, 7) is 0.837. The van der Waals surface area contributed by atoms with Crippen LogP contribution in [0, 0.1) is 0 Å². The van der Waals surface area contributed by atoms with Crippen LogP contribution < -0.4 is 10.1 Å². The molecule has 172 valence electrons. The van der Waals surface area contributed by atoms with Gasteiger partial charge in [-0.25, -0.2) is 8.42 Å². The van der Waals surface area contributed by atoms with E-state index in [-0.39, 0.29) is 21.9 Å². The van der Waals surface area contributed by atoms with E-state index in [1.165, 1.54) is 47.8 Å². The molecule has 1 amide bonds. The van der Waals surface area contributed by atoms with Crippen LogP contribution >= 0.6 is 0 Å². The summed E-state index contributed by atoms with van der Waals surface area (Å²) < 4.78 is 71.2. The lowest BCUT2D eigenvalue weighted by atomic mass is 10.1. The van der Waals surface area contributed by atoms with Crippen LogP contribution in [-0.2, 0) is 21.0 Å². The maximum Gasteiger partial charge on any atom is 0.416 e. The Hall–Kier alpha value is -2.85. The van der Waals surface area contributed by atoms with Crippen molar-refractivity contribution in [2.24, 2.45) is 0 Å². The molecule has 32 heavy (non-hydrogen) atoms. The number of sulfonamides is 1. The summed E-state index contributed by atoms with van der Waals surface area (Å²) in [5, 5.41) is 2.54. The number of alkyl halides is 3. The molecule has 0 aromatic heterocycles. The maximum absolute atomic E-state index is 13.1. The van der Waals surface area contributed by atoms with Gasteiger partial charge in [0, 0.05) is 24.9 Å². The number of halogens is 3. The van der Waals surface area contributed by atoms with Crippen LogP contribution in [0.2, 0.25) is 0 Å². The van der Waals surface area contributed by atoms with Crippen LogP contribution in [0.3, 0.4) is 0 Å². The fraction of sp³-hybridized carbons (Fsp3) is 0.318. The van der Waals surface area contributed by atoms with Crippen LogP contribution in [0.15, 0.2) is 53.4 Å². The quantitative estimate of drug-likeness (QED) is 0.632. The van der Waals surface area contributed by atoms with Crippen LogP contribution in [0.1, 0.15) is 30.4 Å². The molecule has 0 spiro atoms. The first-order valence-electron chi connectivity index (χ1n) is 9.96. The van der Waals surface area contributed by atoms with Crippen molar-refractivity contribution in [3.05, 3.63) is 59.7 Å². The SMILES string of the molecule is COc1ccc(NC(=O)/C=C/c2cccc(C(F)(F)F)c2)cc1S(=O)(=O)N1CCCCC1. The predicted octanol–water partition coefficient (Wildman–Crippen LogP) is 4.54. The molecule has 0 aliphatic carbocycles. The number of hydrogen-bond acceptors (Lipinski definition) is 4. The van der Waals surface area contributed by atoms with Crippen LogP contribution in [0.5, 0.6) is 5.75 Å². The highest BCUT2D eigenvalue weighted by Gasteiger charge is 2.30. The Morgan fingerprint density at radius 3 is 2.47 bits per heavy atom. The molecular weight excluding hydrogens is 445 g/mol. The number of nitrogens with zero attached hydrogens (tertiary/aromatic N) is 1. The number of benzene rings is 2. The summed E-state index contributed by atoms with van der Waals surface area (Å²) in [6.07, 6.45) is 0.373. The van der Waals surface area contributed by atoms with Crippen molar-refractivity contribution in [2.45, 2.75) is 30.3 Å². The molecule has 0 bridgehead atoms. The van der Waals surface area contributed by atoms with Gasteiger partial charge in [0.1, 0.15) is 10.6 Å². The number of methoxy groups -OCH3 is 1. The van der Waals surface area contributed by atoms with Gasteiger partial charge < -0.3 is 10.1 Å². The monoisotopic (exact) mass is 468 g/mol. The van der Waals surface area contributed by atoms with Crippen LogP contribution in [-0.4, -0.2) is 38.8 Å². The Morgan fingerprint density at radius 2 is 1.81 bits per heavy atom. The molecule has 3 rings (SSSR count). The van der Waals surface area contributed by atoms with Crippen molar-refractivity contribution in [3.8, 4) is 5.75 Å². The average Bonchev–Trinajstić information content (AvgIpc) is 2.78. The third-order valence-corrected chi connectivity index (χ3v) is 6.92. The molecule has 1 saturated heterocycles. The predicted molar refractivity (Wildman–Crippen MR) is 115 cm³/mol. The Balaban J connectivity index is 1.78. The molecule has 6 nitrogen and oxygen atoms in total. The van der Waals surface area contributed by atoms with E-state index in [1.54, 1.807) is 0 Å². The van der Waals surface area contributed by atoms with E-state index in [2.05, 4.69) is 5.32 Å². The van der Waals surface area contributed by atoms with Crippen molar-refractivity contribution in [1.82, 2.24) is 4.31 Å². The normalized spacial score (nSPS) is 15.6. The van der Waals surface area contributed by atoms with E-state index in [0.717, 1.165) is 37.5 Å². The van der Waals surface area contributed by atoms with E-state index < -0.39 is 27.7 Å². The second-order valence-electron chi connectivity index (χ2n) is 7.28. The minimum absolute atomic E-state index is 0.0541. The van der Waals surface area contributed by atoms with Crippen LogP contribution in [0.25, 0.3) is 6.08 Å². The van der Waals surface area contributed by atoms with Gasteiger partial charge in [-0.2, -0.15) is 17.5 Å². The summed E-state index contributed by atoms with van der Waals surface area (Å²) in [5.74, 6) is -0.457. The van der Waals surface area contributed by atoms with Gasteiger partial charge in [0.25, 0.3) is 0 Å². The summed E-state index contributed by atoms with van der Waals surface area (Å²) in [7, 11) is -2.44. The highest BCUT2D eigenvalue weighted by atomic mass is 32.2. The molecule has 0 radical (unpaired) electrons. The molecule has 0 atom stereocenters. The third-order valence-electron chi connectivity index (χ3n) is 5.01. The smallest absolute Gasteiger partial charge is 0.416 e. The highest BCUT2D eigenvalue weighted by molar-refractivity contribution is 7.89. The number of anilines is 1. The number of piperidine rings is 1. The van der Waals surface area contributed by atoms with Gasteiger partial charge in [-0.3, -0.25) is 4.79 Å². The molecule has 1 fully saturated rings. The zero-order valence-corrected chi connectivity index (χ0v) is 18.2. The molecular formula is C22H23F3N2O4S. The third kappa shape index (κ3) is 5.68. The first-order chi connectivity index (χ1) is 15.1.